The van der Waals surface area contributed by atoms with E-state index in [0.29, 0.717) is 0 Å². The van der Waals surface area contributed by atoms with Crippen molar-refractivity contribution < 1.29 is 28.0 Å². The number of benzene rings is 1. The molecule has 0 saturated carbocycles. The largest absolute Gasteiger partial charge is 0.481 e. The Morgan fingerprint density at radius 1 is 1.26 bits per heavy atom. The van der Waals surface area contributed by atoms with Gasteiger partial charge < -0.3 is 14.4 Å². The van der Waals surface area contributed by atoms with Crippen LogP contribution in [0.5, 0.6) is 0 Å². The molecule has 1 unspecified atom stereocenters. The Morgan fingerprint density at radius 2 is 1.78 bits per heavy atom. The Kier molecular flexibility index (Phi) is 4.90. The zero-order valence-electron chi connectivity index (χ0n) is 13.3. The average molecular weight is 391 g/mol. The van der Waals surface area contributed by atoms with Crippen molar-refractivity contribution in [3.05, 3.63) is 33.8 Å². The van der Waals surface area contributed by atoms with Crippen molar-refractivity contribution in [2.24, 2.45) is 0 Å². The van der Waals surface area contributed by atoms with Crippen molar-refractivity contribution >= 4 is 29.0 Å². The number of hydrogen-bond acceptors (Lipinski definition) is 3. The van der Waals surface area contributed by atoms with E-state index in [2.05, 4.69) is 15.9 Å². The molecule has 0 aromatic heterocycles. The fourth-order valence-corrected chi connectivity index (χ4v) is 2.80. The number of hydrogen-bond donors (Lipinski definition) is 1. The number of rotatable bonds is 4. The molecule has 1 aromatic rings. The lowest BCUT2D eigenvalue weighted by Crippen LogP contribution is -2.41. The first-order valence-electron chi connectivity index (χ1n) is 7.17. The van der Waals surface area contributed by atoms with Gasteiger partial charge in [0, 0.05) is 11.4 Å². The van der Waals surface area contributed by atoms with Crippen molar-refractivity contribution in [3.63, 3.8) is 0 Å². The summed E-state index contributed by atoms with van der Waals surface area (Å²) in [7, 11) is -1.06. The van der Waals surface area contributed by atoms with Crippen LogP contribution in [0.2, 0.25) is 0 Å². The highest BCUT2D eigenvalue weighted by molar-refractivity contribution is 9.10. The van der Waals surface area contributed by atoms with Gasteiger partial charge in [0.05, 0.1) is 22.1 Å². The maximum absolute atomic E-state index is 14.4. The van der Waals surface area contributed by atoms with Crippen LogP contribution in [-0.2, 0) is 14.1 Å². The molecule has 23 heavy (non-hydrogen) atoms. The number of carboxylic acid groups (broad SMARTS) is 1. The van der Waals surface area contributed by atoms with E-state index in [0.717, 1.165) is 6.07 Å². The molecule has 1 N–H and O–H groups in total. The van der Waals surface area contributed by atoms with Gasteiger partial charge in [0.25, 0.3) is 0 Å². The fraction of sp³-hybridized carbons (Fsp3) is 0.533. The molecule has 1 heterocycles. The summed E-state index contributed by atoms with van der Waals surface area (Å²) >= 11 is 3.00. The molecule has 0 radical (unpaired) electrons. The predicted molar refractivity (Wildman–Crippen MR) is 85.1 cm³/mol. The number of halogens is 3. The SMILES string of the molecule is CC1(C)OB(C(CC(=O)O)c2c(F)ccc(Br)c2F)OC1(C)C. The molecule has 1 aliphatic rings. The van der Waals surface area contributed by atoms with Gasteiger partial charge in [-0.3, -0.25) is 4.79 Å². The van der Waals surface area contributed by atoms with Crippen LogP contribution in [0.25, 0.3) is 0 Å². The highest BCUT2D eigenvalue weighted by Crippen LogP contribution is 2.43. The molecular weight excluding hydrogens is 373 g/mol. The Labute approximate surface area is 142 Å². The van der Waals surface area contributed by atoms with Crippen molar-refractivity contribution in [1.82, 2.24) is 0 Å². The molecule has 1 saturated heterocycles. The molecule has 1 aromatic carbocycles. The van der Waals surface area contributed by atoms with E-state index in [9.17, 15) is 13.6 Å². The molecule has 4 nitrogen and oxygen atoms in total. The Balaban J connectivity index is 2.48. The van der Waals surface area contributed by atoms with Crippen LogP contribution in [-0.4, -0.2) is 29.4 Å². The molecule has 126 valence electrons. The molecule has 2 rings (SSSR count). The Morgan fingerprint density at radius 3 is 2.26 bits per heavy atom. The van der Waals surface area contributed by atoms with Gasteiger partial charge >= 0.3 is 13.1 Å². The van der Waals surface area contributed by atoms with Crippen molar-refractivity contribution in [3.8, 4) is 0 Å². The van der Waals surface area contributed by atoms with Crippen LogP contribution in [0, 0.1) is 11.6 Å². The van der Waals surface area contributed by atoms with Crippen LogP contribution in [0.4, 0.5) is 8.78 Å². The van der Waals surface area contributed by atoms with E-state index in [1.54, 1.807) is 27.7 Å². The van der Waals surface area contributed by atoms with Gasteiger partial charge in [-0.25, -0.2) is 8.78 Å². The van der Waals surface area contributed by atoms with Gasteiger partial charge in [-0.15, -0.1) is 0 Å². The van der Waals surface area contributed by atoms with Gasteiger partial charge in [-0.05, 0) is 55.8 Å². The molecule has 1 aliphatic heterocycles. The topological polar surface area (TPSA) is 55.8 Å². The summed E-state index contributed by atoms with van der Waals surface area (Å²) in [4.78, 5) is 11.2. The minimum Gasteiger partial charge on any atom is -0.481 e. The third-order valence-corrected chi connectivity index (χ3v) is 5.06. The molecular formula is C15H18BBrF2O4. The zero-order chi connectivity index (χ0) is 17.6. The van der Waals surface area contributed by atoms with Gasteiger partial charge in [-0.1, -0.05) is 0 Å². The first-order chi connectivity index (χ1) is 10.5. The van der Waals surface area contributed by atoms with Gasteiger partial charge in [0.2, 0.25) is 0 Å². The van der Waals surface area contributed by atoms with E-state index in [-0.39, 0.29) is 10.0 Å². The van der Waals surface area contributed by atoms with E-state index in [4.69, 9.17) is 14.4 Å². The zero-order valence-corrected chi connectivity index (χ0v) is 14.9. The second-order valence-electron chi connectivity index (χ2n) is 6.59. The van der Waals surface area contributed by atoms with Crippen LogP contribution >= 0.6 is 15.9 Å². The van der Waals surface area contributed by atoms with E-state index in [1.165, 1.54) is 6.07 Å². The number of carbonyl (C=O) groups is 1. The van der Waals surface area contributed by atoms with Crippen LogP contribution < -0.4 is 0 Å². The standard InChI is InChI=1S/C15H18BBrF2O4/c1-14(2)15(3,4)23-16(22-14)8(7-11(20)21)12-10(18)6-5-9(17)13(12)19/h5-6,8H,7H2,1-4H3,(H,20,21). The van der Waals surface area contributed by atoms with Gasteiger partial charge in [0.1, 0.15) is 11.6 Å². The van der Waals surface area contributed by atoms with Crippen molar-refractivity contribution in [1.29, 1.82) is 0 Å². The summed E-state index contributed by atoms with van der Waals surface area (Å²) in [6, 6.07) is 2.32. The molecule has 8 heteroatoms. The van der Waals surface area contributed by atoms with E-state index < -0.39 is 48.2 Å². The van der Waals surface area contributed by atoms with Crippen LogP contribution in [0.15, 0.2) is 16.6 Å². The van der Waals surface area contributed by atoms with Crippen molar-refractivity contribution in [2.45, 2.75) is 51.1 Å². The highest BCUT2D eigenvalue weighted by atomic mass is 79.9. The van der Waals surface area contributed by atoms with Crippen molar-refractivity contribution in [2.75, 3.05) is 0 Å². The lowest BCUT2D eigenvalue weighted by atomic mass is 9.66. The number of aliphatic carboxylic acids is 1. The monoisotopic (exact) mass is 390 g/mol. The quantitative estimate of drug-likeness (QED) is 0.625. The maximum Gasteiger partial charge on any atom is 0.466 e. The average Bonchev–Trinajstić information content (AvgIpc) is 2.61. The van der Waals surface area contributed by atoms with E-state index in [1.807, 2.05) is 0 Å². The van der Waals surface area contributed by atoms with E-state index >= 15 is 0 Å². The summed E-state index contributed by atoms with van der Waals surface area (Å²) in [5.41, 5.74) is -1.80. The molecule has 0 amide bonds. The van der Waals surface area contributed by atoms with Crippen LogP contribution in [0.3, 0.4) is 0 Å². The first-order valence-corrected chi connectivity index (χ1v) is 7.96. The minimum atomic E-state index is -1.19. The Hall–Kier alpha value is -0.985. The van der Waals surface area contributed by atoms with Gasteiger partial charge in [0.15, 0.2) is 0 Å². The van der Waals surface area contributed by atoms with Crippen LogP contribution in [0.1, 0.15) is 45.5 Å². The molecule has 1 fully saturated rings. The third kappa shape index (κ3) is 3.44. The summed E-state index contributed by atoms with van der Waals surface area (Å²) in [5, 5.41) is 9.15. The first kappa shape index (κ1) is 18.4. The molecule has 1 atom stereocenters. The lowest BCUT2D eigenvalue weighted by molar-refractivity contribution is -0.137. The second kappa shape index (κ2) is 6.14. The maximum atomic E-state index is 14.4. The second-order valence-corrected chi connectivity index (χ2v) is 7.44. The highest BCUT2D eigenvalue weighted by Gasteiger charge is 2.55. The third-order valence-electron chi connectivity index (χ3n) is 4.44. The molecule has 0 spiro atoms. The minimum absolute atomic E-state index is 0.0563. The Bertz CT molecular complexity index is 620. The predicted octanol–water partition coefficient (Wildman–Crippen LogP) is 3.92. The summed E-state index contributed by atoms with van der Waals surface area (Å²) < 4.78 is 40.3. The van der Waals surface area contributed by atoms with Gasteiger partial charge in [-0.2, -0.15) is 0 Å². The smallest absolute Gasteiger partial charge is 0.466 e. The summed E-state index contributed by atoms with van der Waals surface area (Å²) in [6.45, 7) is 7.16. The number of carboxylic acids is 1. The molecule has 0 bridgehead atoms. The fourth-order valence-electron chi connectivity index (χ4n) is 2.46. The normalized spacial score (nSPS) is 20.6. The summed E-state index contributed by atoms with van der Waals surface area (Å²) in [5.74, 6) is -3.97. The molecule has 0 aliphatic carbocycles. The lowest BCUT2D eigenvalue weighted by Gasteiger charge is -2.32. The summed E-state index contributed by atoms with van der Waals surface area (Å²) in [6.07, 6.45) is -0.513.